The minimum absolute atomic E-state index is 0.0672. The van der Waals surface area contributed by atoms with Gasteiger partial charge in [-0.2, -0.15) is 0 Å². The van der Waals surface area contributed by atoms with Crippen molar-refractivity contribution >= 4 is 25.7 Å². The number of carbonyl (C=O) groups excluding carboxylic acids is 3. The van der Waals surface area contributed by atoms with E-state index in [2.05, 4.69) is 142 Å². The fourth-order valence-electron chi connectivity index (χ4n) is 6.32. The van der Waals surface area contributed by atoms with Gasteiger partial charge in [-0.15, -0.1) is 0 Å². The average Bonchev–Trinajstić information content (AvgIpc) is 3.37. The molecule has 0 heterocycles. The molecule has 3 unspecified atom stereocenters. The number of aliphatic hydroxyl groups is 1. The van der Waals surface area contributed by atoms with E-state index in [1.165, 1.54) is 0 Å². The zero-order valence-electron chi connectivity index (χ0n) is 44.3. The minimum Gasteiger partial charge on any atom is -0.462 e. The highest BCUT2D eigenvalue weighted by atomic mass is 31.2. The molecule has 0 aliphatic heterocycles. The molecular weight excluding hydrogens is 928 g/mol. The fraction of sp³-hybridized carbons (Fsp3) is 0.550. The van der Waals surface area contributed by atoms with Gasteiger partial charge in [-0.25, -0.2) is 4.57 Å². The molecule has 0 radical (unpaired) electrons. The molecule has 0 aliphatic carbocycles. The summed E-state index contributed by atoms with van der Waals surface area (Å²) in [6.45, 7) is 4.08. The first-order valence-electron chi connectivity index (χ1n) is 26.7. The van der Waals surface area contributed by atoms with Crippen molar-refractivity contribution in [1.29, 1.82) is 0 Å². The van der Waals surface area contributed by atoms with Gasteiger partial charge in [0.1, 0.15) is 12.7 Å². The van der Waals surface area contributed by atoms with E-state index in [4.69, 9.17) is 23.3 Å². The smallest absolute Gasteiger partial charge is 0.462 e. The number of hydrogen-bond acceptors (Lipinski definition) is 10. The summed E-state index contributed by atoms with van der Waals surface area (Å²) in [6.07, 6.45) is 67.0. The van der Waals surface area contributed by atoms with Crippen LogP contribution >= 0.6 is 7.82 Å². The Labute approximate surface area is 435 Å². The van der Waals surface area contributed by atoms with E-state index in [1.54, 1.807) is 6.08 Å². The predicted molar refractivity (Wildman–Crippen MR) is 297 cm³/mol. The molecule has 0 aromatic rings. The van der Waals surface area contributed by atoms with Crippen molar-refractivity contribution < 1.29 is 52.2 Å². The lowest BCUT2D eigenvalue weighted by atomic mass is 10.1. The third-order valence-corrected chi connectivity index (χ3v) is 11.2. The highest BCUT2D eigenvalue weighted by Crippen LogP contribution is 2.43. The molecule has 12 heteroatoms. The van der Waals surface area contributed by atoms with E-state index in [9.17, 15) is 28.9 Å². The second-order valence-electron chi connectivity index (χ2n) is 16.9. The highest BCUT2D eigenvalue weighted by Gasteiger charge is 2.28. The molecule has 2 N–H and O–H groups in total. The van der Waals surface area contributed by atoms with Crippen LogP contribution in [0.5, 0.6) is 0 Å². The van der Waals surface area contributed by atoms with Gasteiger partial charge in [0, 0.05) is 12.8 Å². The Balaban J connectivity index is 4.92. The Morgan fingerprint density at radius 1 is 0.403 bits per heavy atom. The van der Waals surface area contributed by atoms with Crippen LogP contribution in [0.25, 0.3) is 0 Å². The third kappa shape index (κ3) is 50.3. The molecule has 0 spiro atoms. The Bertz CT molecular complexity index is 1760. The molecule has 0 saturated carbocycles. The first-order valence-corrected chi connectivity index (χ1v) is 28.2. The van der Waals surface area contributed by atoms with Crippen molar-refractivity contribution in [2.24, 2.45) is 0 Å². The van der Waals surface area contributed by atoms with Crippen molar-refractivity contribution in [3.8, 4) is 0 Å². The van der Waals surface area contributed by atoms with Crippen LogP contribution < -0.4 is 0 Å². The molecule has 0 rings (SSSR count). The van der Waals surface area contributed by atoms with Gasteiger partial charge >= 0.3 is 25.7 Å². The SMILES string of the molecule is CC/C=C\C/C=C\C/C=C\C/C=C\C/C=C\CC(=O)OC(CO)COP(=O)(O)OCC(COC(=O)CCCCC/C=C\C/C=C\C/C=C\CC)OC(=O)CCCCCC/C=C\C/C=C\C/C=C\C/C=C\CC. The second-order valence-corrected chi connectivity index (χ2v) is 18.4. The maximum absolute atomic E-state index is 12.9. The third-order valence-electron chi connectivity index (χ3n) is 10.3. The van der Waals surface area contributed by atoms with E-state index in [0.29, 0.717) is 19.3 Å². The zero-order chi connectivity index (χ0) is 52.7. The number of unbranched alkanes of at least 4 members (excludes halogenated alkanes) is 7. The van der Waals surface area contributed by atoms with Crippen LogP contribution in [0, 0.1) is 0 Å². The van der Waals surface area contributed by atoms with Gasteiger partial charge in [0.15, 0.2) is 6.10 Å². The van der Waals surface area contributed by atoms with Crippen molar-refractivity contribution in [3.63, 3.8) is 0 Å². The maximum atomic E-state index is 12.9. The molecule has 0 bridgehead atoms. The standard InChI is InChI=1S/C60H93O11P/c1-4-7-10-13-16-19-22-25-27-28-30-33-36-39-42-45-48-51-60(64)71-57(53-67-58(62)49-46-43-40-37-34-31-24-21-18-15-12-9-6-3)55-69-72(65,66)68-54-56(52-61)70-59(63)50-47-44-41-38-35-32-29-26-23-20-17-14-11-8-5-2/h7-12,16-21,25-27,29-31,33-35,38,44,47,56-57,61H,4-6,13-15,22-24,28,32,36-37,39-43,45-46,48-55H2,1-3H3,(H,65,66)/b10-7-,11-8-,12-9-,19-16-,20-17-,21-18-,27-25-,29-26-,33-30-,34-31-,38-35-,47-44-. The summed E-state index contributed by atoms with van der Waals surface area (Å²) in [4.78, 5) is 48.3. The Hall–Kier alpha value is -4.64. The van der Waals surface area contributed by atoms with Crippen molar-refractivity contribution in [2.45, 2.75) is 187 Å². The molecule has 0 aliphatic rings. The van der Waals surface area contributed by atoms with Crippen molar-refractivity contribution in [2.75, 3.05) is 26.4 Å². The average molecular weight is 1020 g/mol. The van der Waals surface area contributed by atoms with Crippen molar-refractivity contribution in [3.05, 3.63) is 146 Å². The quantitative estimate of drug-likeness (QED) is 0.0197. The number of esters is 3. The summed E-state index contributed by atoms with van der Waals surface area (Å²) in [7, 11) is -4.79. The van der Waals surface area contributed by atoms with Crippen LogP contribution in [-0.4, -0.2) is 66.5 Å². The number of ether oxygens (including phenoxy) is 3. The lowest BCUT2D eigenvalue weighted by Crippen LogP contribution is -2.30. The van der Waals surface area contributed by atoms with E-state index in [0.717, 1.165) is 116 Å². The molecule has 3 atom stereocenters. The largest absolute Gasteiger partial charge is 0.472 e. The van der Waals surface area contributed by atoms with E-state index in [1.807, 2.05) is 18.2 Å². The lowest BCUT2D eigenvalue weighted by Gasteiger charge is -2.21. The van der Waals surface area contributed by atoms with Crippen LogP contribution in [0.3, 0.4) is 0 Å². The molecule has 0 saturated heterocycles. The van der Waals surface area contributed by atoms with Gasteiger partial charge in [-0.3, -0.25) is 23.4 Å². The van der Waals surface area contributed by atoms with E-state index >= 15 is 0 Å². The van der Waals surface area contributed by atoms with Gasteiger partial charge in [0.2, 0.25) is 0 Å². The fourth-order valence-corrected chi connectivity index (χ4v) is 7.10. The summed E-state index contributed by atoms with van der Waals surface area (Å²) < 4.78 is 39.2. The van der Waals surface area contributed by atoms with Gasteiger partial charge in [-0.05, 0) is 116 Å². The predicted octanol–water partition coefficient (Wildman–Crippen LogP) is 15.6. The molecular formula is C60H93O11P. The van der Waals surface area contributed by atoms with Gasteiger partial charge < -0.3 is 24.2 Å². The molecule has 0 amide bonds. The highest BCUT2D eigenvalue weighted by molar-refractivity contribution is 7.47. The van der Waals surface area contributed by atoms with E-state index in [-0.39, 0.29) is 25.9 Å². The van der Waals surface area contributed by atoms with Crippen molar-refractivity contribution in [1.82, 2.24) is 0 Å². The first-order chi connectivity index (χ1) is 35.2. The van der Waals surface area contributed by atoms with Crippen LogP contribution in [0.4, 0.5) is 0 Å². The summed E-state index contributed by atoms with van der Waals surface area (Å²) in [5.74, 6) is -1.69. The molecule has 0 aromatic heterocycles. The van der Waals surface area contributed by atoms with Crippen LogP contribution in [-0.2, 0) is 42.2 Å². The lowest BCUT2D eigenvalue weighted by molar-refractivity contribution is -0.161. The summed E-state index contributed by atoms with van der Waals surface area (Å²) >= 11 is 0. The Morgan fingerprint density at radius 2 is 0.736 bits per heavy atom. The van der Waals surface area contributed by atoms with Gasteiger partial charge in [0.25, 0.3) is 0 Å². The minimum atomic E-state index is -4.79. The number of hydrogen-bond donors (Lipinski definition) is 2. The summed E-state index contributed by atoms with van der Waals surface area (Å²) in [5, 5.41) is 9.77. The topological polar surface area (TPSA) is 155 Å². The van der Waals surface area contributed by atoms with Crippen LogP contribution in [0.1, 0.15) is 175 Å². The normalized spacial score (nSPS) is 14.6. The Kier molecular flexibility index (Phi) is 49.3. The molecule has 404 valence electrons. The van der Waals surface area contributed by atoms with E-state index < -0.39 is 57.8 Å². The molecule has 0 aromatic carbocycles. The summed E-state index contributed by atoms with van der Waals surface area (Å²) in [6, 6.07) is 0. The van der Waals surface area contributed by atoms with Gasteiger partial charge in [-0.1, -0.05) is 186 Å². The molecule has 0 fully saturated rings. The molecule has 11 nitrogen and oxygen atoms in total. The van der Waals surface area contributed by atoms with Crippen LogP contribution in [0.15, 0.2) is 146 Å². The number of aliphatic hydroxyl groups excluding tert-OH is 1. The zero-order valence-corrected chi connectivity index (χ0v) is 45.2. The maximum Gasteiger partial charge on any atom is 0.472 e. The number of phosphoric acid groups is 1. The second kappa shape index (κ2) is 52.7. The number of carbonyl (C=O) groups is 3. The Morgan fingerprint density at radius 3 is 1.15 bits per heavy atom. The molecule has 72 heavy (non-hydrogen) atoms. The van der Waals surface area contributed by atoms with Crippen LogP contribution in [0.2, 0.25) is 0 Å². The number of allylic oxidation sites excluding steroid dienone is 23. The monoisotopic (exact) mass is 1020 g/mol. The number of phosphoric ester groups is 1. The number of rotatable bonds is 47. The van der Waals surface area contributed by atoms with Gasteiger partial charge in [0.05, 0.1) is 26.2 Å². The summed E-state index contributed by atoms with van der Waals surface area (Å²) in [5.41, 5.74) is 0. The first kappa shape index (κ1) is 67.4.